The van der Waals surface area contributed by atoms with Crippen LogP contribution < -0.4 is 0 Å². The van der Waals surface area contributed by atoms with E-state index in [4.69, 9.17) is 5.11 Å². The van der Waals surface area contributed by atoms with Crippen LogP contribution in [0, 0.1) is 5.92 Å². The van der Waals surface area contributed by atoms with Crippen molar-refractivity contribution in [1.29, 1.82) is 0 Å². The summed E-state index contributed by atoms with van der Waals surface area (Å²) in [6.07, 6.45) is 3.52. The zero-order valence-electron chi connectivity index (χ0n) is 7.21. The van der Waals surface area contributed by atoms with E-state index in [0.717, 1.165) is 23.8 Å². The van der Waals surface area contributed by atoms with Gasteiger partial charge in [-0.15, -0.1) is 11.3 Å². The van der Waals surface area contributed by atoms with Gasteiger partial charge in [0.25, 0.3) is 0 Å². The van der Waals surface area contributed by atoms with Crippen LogP contribution in [-0.2, 0) is 19.4 Å². The number of rotatable bonds is 1. The topological polar surface area (TPSA) is 33.1 Å². The highest BCUT2D eigenvalue weighted by Gasteiger charge is 2.18. The molecule has 66 valence electrons. The molecule has 1 aliphatic carbocycles. The van der Waals surface area contributed by atoms with Crippen LogP contribution in [-0.4, -0.2) is 10.1 Å². The summed E-state index contributed by atoms with van der Waals surface area (Å²) < 4.78 is 0. The van der Waals surface area contributed by atoms with Crippen molar-refractivity contribution < 1.29 is 5.11 Å². The van der Waals surface area contributed by atoms with E-state index >= 15 is 0 Å². The van der Waals surface area contributed by atoms with Crippen LogP contribution in [0.15, 0.2) is 0 Å². The Labute approximate surface area is 76.3 Å². The lowest BCUT2D eigenvalue weighted by molar-refractivity contribution is 0.281. The number of aliphatic hydroxyl groups is 1. The molecular weight excluding hydrogens is 170 g/mol. The summed E-state index contributed by atoms with van der Waals surface area (Å²) >= 11 is 1.68. The van der Waals surface area contributed by atoms with Crippen molar-refractivity contribution in [3.05, 3.63) is 15.6 Å². The summed E-state index contributed by atoms with van der Waals surface area (Å²) in [7, 11) is 0. The zero-order valence-corrected chi connectivity index (χ0v) is 8.02. The predicted octanol–water partition coefficient (Wildman–Crippen LogP) is 1.76. The van der Waals surface area contributed by atoms with E-state index in [0.29, 0.717) is 0 Å². The second-order valence-electron chi connectivity index (χ2n) is 3.48. The molecule has 1 unspecified atom stereocenters. The van der Waals surface area contributed by atoms with E-state index in [2.05, 4.69) is 11.9 Å². The summed E-state index contributed by atoms with van der Waals surface area (Å²) in [5.41, 5.74) is 1.24. The van der Waals surface area contributed by atoms with Crippen molar-refractivity contribution in [2.75, 3.05) is 0 Å². The summed E-state index contributed by atoms with van der Waals surface area (Å²) in [5, 5.41) is 9.78. The van der Waals surface area contributed by atoms with Crippen LogP contribution in [0.2, 0.25) is 0 Å². The molecule has 2 rings (SSSR count). The Hall–Kier alpha value is -0.410. The standard InChI is InChI=1S/C9H13NOS/c1-6-2-3-7-8(4-6)12-9(5-11)10-7/h6,11H,2-5H2,1H3. The number of aromatic nitrogens is 1. The maximum atomic E-state index is 8.90. The molecule has 1 N–H and O–H groups in total. The average Bonchev–Trinajstić information content (AvgIpc) is 2.46. The third-order valence-corrected chi connectivity index (χ3v) is 3.47. The maximum absolute atomic E-state index is 8.90. The van der Waals surface area contributed by atoms with Gasteiger partial charge in [0.15, 0.2) is 0 Å². The number of fused-ring (bicyclic) bond motifs is 1. The highest BCUT2D eigenvalue weighted by Crippen LogP contribution is 2.29. The van der Waals surface area contributed by atoms with Gasteiger partial charge in [0.2, 0.25) is 0 Å². The molecule has 0 saturated carbocycles. The molecule has 0 radical (unpaired) electrons. The molecule has 0 aromatic carbocycles. The lowest BCUT2D eigenvalue weighted by Gasteiger charge is -2.15. The molecule has 0 amide bonds. The number of thiazole rings is 1. The van der Waals surface area contributed by atoms with Gasteiger partial charge in [0.05, 0.1) is 12.3 Å². The van der Waals surface area contributed by atoms with Crippen LogP contribution >= 0.6 is 11.3 Å². The molecular formula is C9H13NOS. The zero-order chi connectivity index (χ0) is 8.55. The normalized spacial score (nSPS) is 22.3. The van der Waals surface area contributed by atoms with Crippen molar-refractivity contribution in [1.82, 2.24) is 4.98 Å². The van der Waals surface area contributed by atoms with E-state index in [1.807, 2.05) is 0 Å². The quantitative estimate of drug-likeness (QED) is 0.719. The fourth-order valence-corrected chi connectivity index (χ4v) is 2.80. The molecule has 1 atom stereocenters. The lowest BCUT2D eigenvalue weighted by atomic mass is 9.93. The third kappa shape index (κ3) is 1.39. The van der Waals surface area contributed by atoms with E-state index in [9.17, 15) is 0 Å². The largest absolute Gasteiger partial charge is 0.389 e. The molecule has 1 aromatic rings. The van der Waals surface area contributed by atoms with Crippen LogP contribution in [0.4, 0.5) is 0 Å². The van der Waals surface area contributed by atoms with Gasteiger partial charge in [-0.05, 0) is 25.2 Å². The van der Waals surface area contributed by atoms with E-state index < -0.39 is 0 Å². The molecule has 0 fully saturated rings. The second kappa shape index (κ2) is 3.15. The first-order valence-electron chi connectivity index (χ1n) is 4.38. The van der Waals surface area contributed by atoms with Crippen LogP contribution in [0.1, 0.15) is 28.9 Å². The molecule has 3 heteroatoms. The third-order valence-electron chi connectivity index (χ3n) is 2.37. The van der Waals surface area contributed by atoms with Gasteiger partial charge in [0.1, 0.15) is 5.01 Å². The summed E-state index contributed by atoms with van der Waals surface area (Å²) in [4.78, 5) is 5.77. The molecule has 1 heterocycles. The number of hydrogen-bond acceptors (Lipinski definition) is 3. The molecule has 2 nitrogen and oxygen atoms in total. The predicted molar refractivity (Wildman–Crippen MR) is 49.2 cm³/mol. The van der Waals surface area contributed by atoms with E-state index in [1.54, 1.807) is 11.3 Å². The minimum atomic E-state index is 0.103. The van der Waals surface area contributed by atoms with E-state index in [1.165, 1.54) is 17.0 Å². The lowest BCUT2D eigenvalue weighted by Crippen LogP contribution is -2.09. The Morgan fingerprint density at radius 3 is 3.25 bits per heavy atom. The smallest absolute Gasteiger partial charge is 0.119 e. The van der Waals surface area contributed by atoms with Gasteiger partial charge < -0.3 is 5.11 Å². The first-order chi connectivity index (χ1) is 5.79. The summed E-state index contributed by atoms with van der Waals surface area (Å²) in [6.45, 7) is 2.38. The Kier molecular flexibility index (Phi) is 2.15. The molecule has 1 aliphatic rings. The highest BCUT2D eigenvalue weighted by molar-refractivity contribution is 7.11. The fraction of sp³-hybridized carbons (Fsp3) is 0.667. The SMILES string of the molecule is CC1CCc2nc(CO)sc2C1. The molecule has 0 spiro atoms. The minimum absolute atomic E-state index is 0.103. The average molecular weight is 183 g/mol. The second-order valence-corrected chi connectivity index (χ2v) is 4.65. The molecule has 0 aliphatic heterocycles. The number of aliphatic hydroxyl groups excluding tert-OH is 1. The Bertz CT molecular complexity index is 282. The van der Waals surface area contributed by atoms with E-state index in [-0.39, 0.29) is 6.61 Å². The Morgan fingerprint density at radius 2 is 2.50 bits per heavy atom. The van der Waals surface area contributed by atoms with Gasteiger partial charge in [-0.1, -0.05) is 6.92 Å². The molecule has 12 heavy (non-hydrogen) atoms. The summed E-state index contributed by atoms with van der Waals surface area (Å²) in [6, 6.07) is 0. The van der Waals surface area contributed by atoms with Crippen molar-refractivity contribution in [3.63, 3.8) is 0 Å². The van der Waals surface area contributed by atoms with Gasteiger partial charge in [-0.2, -0.15) is 0 Å². The molecule has 0 saturated heterocycles. The van der Waals surface area contributed by atoms with Crippen molar-refractivity contribution in [3.8, 4) is 0 Å². The van der Waals surface area contributed by atoms with Gasteiger partial charge >= 0.3 is 0 Å². The highest BCUT2D eigenvalue weighted by atomic mass is 32.1. The van der Waals surface area contributed by atoms with Gasteiger partial charge in [-0.3, -0.25) is 0 Å². The van der Waals surface area contributed by atoms with Gasteiger partial charge in [-0.25, -0.2) is 4.98 Å². The maximum Gasteiger partial charge on any atom is 0.119 e. The Balaban J connectivity index is 2.28. The molecule has 0 bridgehead atoms. The van der Waals surface area contributed by atoms with Crippen molar-refractivity contribution >= 4 is 11.3 Å². The number of hydrogen-bond donors (Lipinski definition) is 1. The van der Waals surface area contributed by atoms with Gasteiger partial charge in [0, 0.05) is 4.88 Å². The number of nitrogens with zero attached hydrogens (tertiary/aromatic N) is 1. The van der Waals surface area contributed by atoms with Crippen LogP contribution in [0.5, 0.6) is 0 Å². The van der Waals surface area contributed by atoms with Crippen molar-refractivity contribution in [2.45, 2.75) is 32.8 Å². The van der Waals surface area contributed by atoms with Crippen molar-refractivity contribution in [2.24, 2.45) is 5.92 Å². The Morgan fingerprint density at radius 1 is 1.67 bits per heavy atom. The minimum Gasteiger partial charge on any atom is -0.389 e. The fourth-order valence-electron chi connectivity index (χ4n) is 1.66. The number of aryl methyl sites for hydroxylation is 1. The van der Waals surface area contributed by atoms with Crippen LogP contribution in [0.25, 0.3) is 0 Å². The molecule has 1 aromatic heterocycles. The first-order valence-corrected chi connectivity index (χ1v) is 5.19. The first kappa shape index (κ1) is 8.20. The van der Waals surface area contributed by atoms with Crippen LogP contribution in [0.3, 0.4) is 0 Å². The monoisotopic (exact) mass is 183 g/mol. The summed E-state index contributed by atoms with van der Waals surface area (Å²) in [5.74, 6) is 0.796.